The Balaban J connectivity index is 1.50. The van der Waals surface area contributed by atoms with Crippen LogP contribution in [-0.2, 0) is 5.75 Å². The van der Waals surface area contributed by atoms with Gasteiger partial charge in [0.05, 0.1) is 0 Å². The van der Waals surface area contributed by atoms with E-state index in [1.807, 2.05) is 32.0 Å². The molecule has 0 atom stereocenters. The number of rotatable bonds is 7. The van der Waals surface area contributed by atoms with Crippen molar-refractivity contribution in [3.63, 3.8) is 0 Å². The third-order valence-corrected chi connectivity index (χ3v) is 5.10. The van der Waals surface area contributed by atoms with Gasteiger partial charge in [-0.1, -0.05) is 23.9 Å². The number of hydrogen-bond acceptors (Lipinski definition) is 6. The maximum absolute atomic E-state index is 12.3. The molecule has 0 saturated carbocycles. The maximum atomic E-state index is 12.3. The Morgan fingerprint density at radius 2 is 1.41 bits per heavy atom. The molecule has 0 spiro atoms. The Morgan fingerprint density at radius 1 is 0.906 bits per heavy atom. The molecule has 166 valence electrons. The molecule has 2 N–H and O–H groups in total. The van der Waals surface area contributed by atoms with Crippen LogP contribution in [0.4, 0.5) is 8.78 Å². The third-order valence-electron chi connectivity index (χ3n) is 4.18. The number of halogens is 2. The number of carbonyl (C=O) groups excluding carboxylic acids is 2. The largest absolute Gasteiger partial charge is 0.435 e. The minimum atomic E-state index is -2.95. The second kappa shape index (κ2) is 10.7. The lowest BCUT2D eigenvalue weighted by atomic mass is 10.1. The molecule has 1 aromatic heterocycles. The van der Waals surface area contributed by atoms with E-state index in [1.165, 1.54) is 36.0 Å². The number of benzene rings is 2. The third kappa shape index (κ3) is 6.74. The molecule has 0 saturated heterocycles. The number of nitrogens with zero attached hydrogens (tertiary/aromatic N) is 2. The number of thioether (sulfide) groups is 1. The van der Waals surface area contributed by atoms with Crippen molar-refractivity contribution in [3.05, 3.63) is 82.7 Å². The molecule has 0 radical (unpaired) electrons. The summed E-state index contributed by atoms with van der Waals surface area (Å²) in [7, 11) is 0. The van der Waals surface area contributed by atoms with E-state index in [0.717, 1.165) is 17.0 Å². The molecule has 10 heteroatoms. The normalized spacial score (nSPS) is 10.7. The standard InChI is InChI=1S/C22H20F2N4O3S/c1-13-11-14(2)26-22(25-13)32-12-15-3-5-16(6-4-15)19(29)27-28-20(30)17-7-9-18(10-8-17)31-21(23)24/h3-11,21H,12H2,1-2H3,(H,27,29)(H,28,30). The Morgan fingerprint density at radius 3 is 1.91 bits per heavy atom. The van der Waals surface area contributed by atoms with Crippen LogP contribution in [0, 0.1) is 13.8 Å². The molecule has 0 bridgehead atoms. The molecular formula is C22H20F2N4O3S. The number of alkyl halides is 2. The van der Waals surface area contributed by atoms with Gasteiger partial charge in [-0.05, 0) is 61.9 Å². The Labute approximate surface area is 187 Å². The molecule has 3 aromatic rings. The van der Waals surface area contributed by atoms with Gasteiger partial charge in [0, 0.05) is 28.3 Å². The van der Waals surface area contributed by atoms with Gasteiger partial charge < -0.3 is 4.74 Å². The number of carbonyl (C=O) groups is 2. The van der Waals surface area contributed by atoms with Crippen molar-refractivity contribution in [3.8, 4) is 5.75 Å². The summed E-state index contributed by atoms with van der Waals surface area (Å²) >= 11 is 1.50. The van der Waals surface area contributed by atoms with Crippen LogP contribution < -0.4 is 15.6 Å². The highest BCUT2D eigenvalue weighted by Gasteiger charge is 2.11. The SMILES string of the molecule is Cc1cc(C)nc(SCc2ccc(C(=O)NNC(=O)c3ccc(OC(F)F)cc3)cc2)n1. The zero-order chi connectivity index (χ0) is 23.1. The zero-order valence-electron chi connectivity index (χ0n) is 17.3. The van der Waals surface area contributed by atoms with Crippen LogP contribution in [0.25, 0.3) is 0 Å². The first-order valence-electron chi connectivity index (χ1n) is 9.50. The fourth-order valence-electron chi connectivity index (χ4n) is 2.70. The number of aryl methyl sites for hydroxylation is 2. The number of ether oxygens (including phenoxy) is 1. The predicted octanol–water partition coefficient (Wildman–Crippen LogP) is 4.06. The van der Waals surface area contributed by atoms with Crippen LogP contribution >= 0.6 is 11.8 Å². The van der Waals surface area contributed by atoms with E-state index in [2.05, 4.69) is 25.6 Å². The summed E-state index contributed by atoms with van der Waals surface area (Å²) in [5, 5.41) is 0.695. The number of aromatic nitrogens is 2. The monoisotopic (exact) mass is 458 g/mol. The molecule has 0 fully saturated rings. The van der Waals surface area contributed by atoms with Gasteiger partial charge in [0.15, 0.2) is 5.16 Å². The average molecular weight is 458 g/mol. The van der Waals surface area contributed by atoms with Crippen molar-refractivity contribution in [2.24, 2.45) is 0 Å². The van der Waals surface area contributed by atoms with E-state index in [-0.39, 0.29) is 11.3 Å². The summed E-state index contributed by atoms with van der Waals surface area (Å²) in [6.07, 6.45) is 0. The van der Waals surface area contributed by atoms with Crippen LogP contribution in [0.5, 0.6) is 5.75 Å². The number of amides is 2. The van der Waals surface area contributed by atoms with Gasteiger partial charge in [0.25, 0.3) is 11.8 Å². The smallest absolute Gasteiger partial charge is 0.387 e. The van der Waals surface area contributed by atoms with Crippen molar-refractivity contribution in [2.45, 2.75) is 31.4 Å². The fraction of sp³-hybridized carbons (Fsp3) is 0.182. The van der Waals surface area contributed by atoms with Crippen molar-refractivity contribution in [1.82, 2.24) is 20.8 Å². The predicted molar refractivity (Wildman–Crippen MR) is 116 cm³/mol. The minimum absolute atomic E-state index is 0.0667. The highest BCUT2D eigenvalue weighted by Crippen LogP contribution is 2.20. The average Bonchev–Trinajstić information content (AvgIpc) is 2.75. The highest BCUT2D eigenvalue weighted by atomic mass is 32.2. The van der Waals surface area contributed by atoms with Gasteiger partial charge in [0.2, 0.25) is 0 Å². The molecule has 2 amide bonds. The summed E-state index contributed by atoms with van der Waals surface area (Å²) in [5.41, 5.74) is 7.95. The lowest BCUT2D eigenvalue weighted by Crippen LogP contribution is -2.41. The van der Waals surface area contributed by atoms with Gasteiger partial charge in [0.1, 0.15) is 5.75 Å². The molecular weight excluding hydrogens is 438 g/mol. The lowest BCUT2D eigenvalue weighted by Gasteiger charge is -2.09. The summed E-state index contributed by atoms with van der Waals surface area (Å²) in [4.78, 5) is 33.1. The van der Waals surface area contributed by atoms with E-state index in [9.17, 15) is 18.4 Å². The number of hydrazine groups is 1. The molecule has 2 aromatic carbocycles. The fourth-order valence-corrected chi connectivity index (χ4v) is 3.61. The Bertz CT molecular complexity index is 1070. The number of hydrogen-bond donors (Lipinski definition) is 2. The van der Waals surface area contributed by atoms with Gasteiger partial charge >= 0.3 is 6.61 Å². The Hall–Kier alpha value is -3.53. The molecule has 1 heterocycles. The Kier molecular flexibility index (Phi) is 7.72. The van der Waals surface area contributed by atoms with E-state index in [4.69, 9.17) is 0 Å². The van der Waals surface area contributed by atoms with E-state index in [1.54, 1.807) is 12.1 Å². The van der Waals surface area contributed by atoms with Crippen LogP contribution in [-0.4, -0.2) is 28.4 Å². The van der Waals surface area contributed by atoms with E-state index in [0.29, 0.717) is 16.5 Å². The second-order valence-electron chi connectivity index (χ2n) is 6.73. The van der Waals surface area contributed by atoms with Crippen molar-refractivity contribution >= 4 is 23.6 Å². The zero-order valence-corrected chi connectivity index (χ0v) is 18.1. The maximum Gasteiger partial charge on any atom is 0.387 e. The summed E-state index contributed by atoms with van der Waals surface area (Å²) < 4.78 is 28.6. The van der Waals surface area contributed by atoms with E-state index < -0.39 is 18.4 Å². The molecule has 32 heavy (non-hydrogen) atoms. The molecule has 0 aliphatic carbocycles. The van der Waals surface area contributed by atoms with Gasteiger partial charge in [-0.15, -0.1) is 0 Å². The molecule has 0 unspecified atom stereocenters. The lowest BCUT2D eigenvalue weighted by molar-refractivity contribution is -0.0498. The van der Waals surface area contributed by atoms with Crippen LogP contribution in [0.3, 0.4) is 0 Å². The van der Waals surface area contributed by atoms with Crippen molar-refractivity contribution < 1.29 is 23.1 Å². The first-order chi connectivity index (χ1) is 15.3. The van der Waals surface area contributed by atoms with E-state index >= 15 is 0 Å². The van der Waals surface area contributed by atoms with Crippen LogP contribution in [0.15, 0.2) is 59.8 Å². The van der Waals surface area contributed by atoms with Crippen molar-refractivity contribution in [1.29, 1.82) is 0 Å². The minimum Gasteiger partial charge on any atom is -0.435 e. The summed E-state index contributed by atoms with van der Waals surface area (Å²) in [6, 6.07) is 13.9. The summed E-state index contributed by atoms with van der Waals surface area (Å²) in [5.74, 6) is -0.508. The molecule has 0 aliphatic heterocycles. The van der Waals surface area contributed by atoms with Gasteiger partial charge in [-0.2, -0.15) is 8.78 Å². The second-order valence-corrected chi connectivity index (χ2v) is 7.67. The number of nitrogens with one attached hydrogen (secondary N) is 2. The molecule has 7 nitrogen and oxygen atoms in total. The summed E-state index contributed by atoms with van der Waals surface area (Å²) in [6.45, 7) is 0.892. The van der Waals surface area contributed by atoms with Crippen LogP contribution in [0.1, 0.15) is 37.7 Å². The first-order valence-corrected chi connectivity index (χ1v) is 10.5. The van der Waals surface area contributed by atoms with Crippen LogP contribution in [0.2, 0.25) is 0 Å². The molecule has 3 rings (SSSR count). The topological polar surface area (TPSA) is 93.2 Å². The molecule has 0 aliphatic rings. The first kappa shape index (κ1) is 23.1. The highest BCUT2D eigenvalue weighted by molar-refractivity contribution is 7.98. The van der Waals surface area contributed by atoms with Gasteiger partial charge in [-0.25, -0.2) is 9.97 Å². The quantitative estimate of drug-likeness (QED) is 0.315. The van der Waals surface area contributed by atoms with Crippen molar-refractivity contribution in [2.75, 3.05) is 0 Å². The van der Waals surface area contributed by atoms with Gasteiger partial charge in [-0.3, -0.25) is 20.4 Å².